The van der Waals surface area contributed by atoms with Gasteiger partial charge in [-0.3, -0.25) is 10.1 Å². The second-order valence-corrected chi connectivity index (χ2v) is 4.65. The summed E-state index contributed by atoms with van der Waals surface area (Å²) in [5.74, 6) is 0. The summed E-state index contributed by atoms with van der Waals surface area (Å²) in [6, 6.07) is 16.8. The highest BCUT2D eigenvalue weighted by Gasteiger charge is 2.11. The molecule has 0 spiro atoms. The Morgan fingerprint density at radius 3 is 2.50 bits per heavy atom. The molecule has 4 nitrogen and oxygen atoms in total. The number of hydrogen-bond donors (Lipinski definition) is 0. The fourth-order valence-corrected chi connectivity index (χ4v) is 2.27. The van der Waals surface area contributed by atoms with E-state index in [0.29, 0.717) is 0 Å². The lowest BCUT2D eigenvalue weighted by Gasteiger charge is -2.05. The summed E-state index contributed by atoms with van der Waals surface area (Å²) >= 11 is 0. The van der Waals surface area contributed by atoms with Gasteiger partial charge in [-0.2, -0.15) is 0 Å². The summed E-state index contributed by atoms with van der Waals surface area (Å²) in [7, 11) is 0. The highest BCUT2D eigenvalue weighted by molar-refractivity contribution is 5.86. The van der Waals surface area contributed by atoms with Crippen molar-refractivity contribution in [2.24, 2.45) is 0 Å². The number of nitro groups is 1. The molecule has 4 heteroatoms. The monoisotopic (exact) mass is 264 g/mol. The number of non-ortho nitro benzene ring substituents is 1. The summed E-state index contributed by atoms with van der Waals surface area (Å²) in [5.41, 5.74) is 3.62. The highest BCUT2D eigenvalue weighted by atomic mass is 16.6. The van der Waals surface area contributed by atoms with Gasteiger partial charge in [0.15, 0.2) is 0 Å². The second kappa shape index (κ2) is 4.74. The Bertz CT molecular complexity index is 798. The molecule has 0 aliphatic rings. The van der Waals surface area contributed by atoms with Crippen molar-refractivity contribution in [2.75, 3.05) is 0 Å². The average Bonchev–Trinajstić information content (AvgIpc) is 2.47. The van der Waals surface area contributed by atoms with Gasteiger partial charge < -0.3 is 0 Å². The molecule has 0 amide bonds. The number of benzene rings is 2. The van der Waals surface area contributed by atoms with Gasteiger partial charge in [-0.15, -0.1) is 0 Å². The van der Waals surface area contributed by atoms with Crippen LogP contribution in [-0.2, 0) is 0 Å². The summed E-state index contributed by atoms with van der Waals surface area (Å²) in [4.78, 5) is 15.1. The molecule has 3 aromatic rings. The quantitative estimate of drug-likeness (QED) is 0.516. The molecule has 3 rings (SSSR count). The fraction of sp³-hybridized carbons (Fsp3) is 0.0625. The van der Waals surface area contributed by atoms with Crippen molar-refractivity contribution >= 4 is 16.6 Å². The smallest absolute Gasteiger partial charge is 0.258 e. The third-order valence-corrected chi connectivity index (χ3v) is 3.25. The standard InChI is InChI=1S/C16H12N2O2/c1-11-9-14(18(19)20)10-13-7-8-15(17-16(11)13)12-5-3-2-4-6-12/h2-10H,1H3. The molecule has 0 saturated carbocycles. The van der Waals surface area contributed by atoms with Crippen LogP contribution in [0.5, 0.6) is 0 Å². The summed E-state index contributed by atoms with van der Waals surface area (Å²) in [6.07, 6.45) is 0. The number of pyridine rings is 1. The first-order valence-corrected chi connectivity index (χ1v) is 6.26. The van der Waals surface area contributed by atoms with Gasteiger partial charge in [0, 0.05) is 23.1 Å². The van der Waals surface area contributed by atoms with Crippen LogP contribution in [0.1, 0.15) is 5.56 Å². The summed E-state index contributed by atoms with van der Waals surface area (Å²) in [5, 5.41) is 11.7. The van der Waals surface area contributed by atoms with Crippen LogP contribution >= 0.6 is 0 Å². The van der Waals surface area contributed by atoms with Crippen molar-refractivity contribution < 1.29 is 4.92 Å². The first-order chi connectivity index (χ1) is 9.65. The van der Waals surface area contributed by atoms with Crippen molar-refractivity contribution in [3.05, 3.63) is 70.3 Å². The molecule has 1 aromatic heterocycles. The molecule has 1 heterocycles. The minimum atomic E-state index is -0.377. The van der Waals surface area contributed by atoms with Crippen LogP contribution in [0.25, 0.3) is 22.2 Å². The molecule has 0 radical (unpaired) electrons. The van der Waals surface area contributed by atoms with Gasteiger partial charge in [-0.05, 0) is 18.6 Å². The minimum absolute atomic E-state index is 0.101. The Morgan fingerprint density at radius 1 is 1.05 bits per heavy atom. The van der Waals surface area contributed by atoms with Crippen LogP contribution in [0.4, 0.5) is 5.69 Å². The number of fused-ring (bicyclic) bond motifs is 1. The third-order valence-electron chi connectivity index (χ3n) is 3.25. The molecule has 0 aliphatic carbocycles. The number of hydrogen-bond acceptors (Lipinski definition) is 3. The maximum atomic E-state index is 10.9. The van der Waals surface area contributed by atoms with E-state index in [2.05, 4.69) is 4.98 Å². The molecule has 20 heavy (non-hydrogen) atoms. The molecule has 0 N–H and O–H groups in total. The largest absolute Gasteiger partial charge is 0.270 e. The van der Waals surface area contributed by atoms with Crippen molar-refractivity contribution in [1.29, 1.82) is 0 Å². The second-order valence-electron chi connectivity index (χ2n) is 4.65. The van der Waals surface area contributed by atoms with Crippen LogP contribution in [-0.4, -0.2) is 9.91 Å². The number of nitro benzene ring substituents is 1. The van der Waals surface area contributed by atoms with Crippen molar-refractivity contribution in [3.8, 4) is 11.3 Å². The molecule has 0 atom stereocenters. The molecule has 0 bridgehead atoms. The zero-order valence-electron chi connectivity index (χ0n) is 10.9. The number of aromatic nitrogens is 1. The predicted molar refractivity (Wildman–Crippen MR) is 78.6 cm³/mol. The van der Waals surface area contributed by atoms with Gasteiger partial charge in [0.1, 0.15) is 0 Å². The van der Waals surface area contributed by atoms with Crippen molar-refractivity contribution in [1.82, 2.24) is 4.98 Å². The Morgan fingerprint density at radius 2 is 1.80 bits per heavy atom. The Kier molecular flexibility index (Phi) is 2.91. The average molecular weight is 264 g/mol. The van der Waals surface area contributed by atoms with Gasteiger partial charge in [0.05, 0.1) is 16.1 Å². The lowest BCUT2D eigenvalue weighted by Crippen LogP contribution is -1.92. The minimum Gasteiger partial charge on any atom is -0.258 e. The van der Waals surface area contributed by atoms with Gasteiger partial charge >= 0.3 is 0 Å². The van der Waals surface area contributed by atoms with E-state index in [1.54, 1.807) is 12.1 Å². The molecule has 0 fully saturated rings. The molecule has 0 unspecified atom stereocenters. The van der Waals surface area contributed by atoms with Crippen LogP contribution in [0.15, 0.2) is 54.6 Å². The van der Waals surface area contributed by atoms with Crippen LogP contribution in [0, 0.1) is 17.0 Å². The number of aryl methyl sites for hydroxylation is 1. The van der Waals surface area contributed by atoms with Crippen molar-refractivity contribution in [2.45, 2.75) is 6.92 Å². The van der Waals surface area contributed by atoms with Gasteiger partial charge in [0.25, 0.3) is 5.69 Å². The summed E-state index contributed by atoms with van der Waals surface area (Å²) < 4.78 is 0. The zero-order chi connectivity index (χ0) is 14.1. The predicted octanol–water partition coefficient (Wildman–Crippen LogP) is 4.12. The van der Waals surface area contributed by atoms with E-state index < -0.39 is 0 Å². The van der Waals surface area contributed by atoms with Gasteiger partial charge in [0.2, 0.25) is 0 Å². The number of nitrogens with zero attached hydrogens (tertiary/aromatic N) is 2. The van der Waals surface area contributed by atoms with E-state index in [-0.39, 0.29) is 10.6 Å². The number of rotatable bonds is 2. The Hall–Kier alpha value is -2.75. The molecule has 2 aromatic carbocycles. The van der Waals surface area contributed by atoms with Crippen LogP contribution in [0.2, 0.25) is 0 Å². The molecular formula is C16H12N2O2. The normalized spacial score (nSPS) is 10.7. The van der Waals surface area contributed by atoms with E-state index in [4.69, 9.17) is 0 Å². The van der Waals surface area contributed by atoms with E-state index in [0.717, 1.165) is 27.7 Å². The van der Waals surface area contributed by atoms with E-state index in [1.807, 2.05) is 49.4 Å². The highest BCUT2D eigenvalue weighted by Crippen LogP contribution is 2.26. The molecule has 98 valence electrons. The maximum absolute atomic E-state index is 10.9. The fourth-order valence-electron chi connectivity index (χ4n) is 2.27. The van der Waals surface area contributed by atoms with Crippen LogP contribution < -0.4 is 0 Å². The molecule has 0 saturated heterocycles. The van der Waals surface area contributed by atoms with Crippen LogP contribution in [0.3, 0.4) is 0 Å². The van der Waals surface area contributed by atoms with Gasteiger partial charge in [-0.1, -0.05) is 36.4 Å². The first-order valence-electron chi connectivity index (χ1n) is 6.26. The summed E-state index contributed by atoms with van der Waals surface area (Å²) in [6.45, 7) is 1.84. The van der Waals surface area contributed by atoms with Crippen molar-refractivity contribution in [3.63, 3.8) is 0 Å². The Labute approximate surface area is 115 Å². The van der Waals surface area contributed by atoms with E-state index >= 15 is 0 Å². The van der Waals surface area contributed by atoms with E-state index in [1.165, 1.54) is 0 Å². The van der Waals surface area contributed by atoms with Gasteiger partial charge in [-0.25, -0.2) is 4.98 Å². The first kappa shape index (κ1) is 12.3. The molecular weight excluding hydrogens is 252 g/mol. The topological polar surface area (TPSA) is 56.0 Å². The SMILES string of the molecule is Cc1cc([N+](=O)[O-])cc2ccc(-c3ccccc3)nc12. The lowest BCUT2D eigenvalue weighted by molar-refractivity contribution is -0.384. The Balaban J connectivity index is 2.20. The third kappa shape index (κ3) is 2.12. The zero-order valence-corrected chi connectivity index (χ0v) is 10.9. The van der Waals surface area contributed by atoms with E-state index in [9.17, 15) is 10.1 Å². The lowest BCUT2D eigenvalue weighted by atomic mass is 10.1. The maximum Gasteiger partial charge on any atom is 0.270 e. The molecule has 0 aliphatic heterocycles.